The van der Waals surface area contributed by atoms with Gasteiger partial charge in [0, 0.05) is 37.0 Å². The number of carbonyl (C=O) groups excluding carboxylic acids is 2. The molecule has 2 amide bonds. The molecule has 0 radical (unpaired) electrons. The van der Waals surface area contributed by atoms with Gasteiger partial charge in [0.05, 0.1) is 0 Å². The Kier molecular flexibility index (Phi) is 6.82. The van der Waals surface area contributed by atoms with Gasteiger partial charge in [-0.25, -0.2) is 8.78 Å². The van der Waals surface area contributed by atoms with Crippen molar-refractivity contribution in [3.63, 3.8) is 0 Å². The minimum Gasteiger partial charge on any atom is -0.352 e. The zero-order valence-corrected chi connectivity index (χ0v) is 18.3. The quantitative estimate of drug-likeness (QED) is 0.586. The van der Waals surface area contributed by atoms with Crippen molar-refractivity contribution in [2.45, 2.75) is 31.2 Å². The van der Waals surface area contributed by atoms with E-state index in [4.69, 9.17) is 0 Å². The predicted molar refractivity (Wildman–Crippen MR) is 123 cm³/mol. The third-order valence-electron chi connectivity index (χ3n) is 6.36. The number of benzene rings is 3. The Balaban J connectivity index is 1.45. The molecule has 0 bridgehead atoms. The largest absolute Gasteiger partial charge is 0.352 e. The standard InChI is InChI=1S/C27H26F2N2O2/c28-23-11-9-21(10-12-23)26(33)31-15-13-27(14-16-31,22-6-2-1-3-7-22)18-25(32)30-19-20-5-4-8-24(29)17-20/h1-12,17H,13-16,18-19H2,(H,30,32). The van der Waals surface area contributed by atoms with Crippen LogP contribution in [0.3, 0.4) is 0 Å². The lowest BCUT2D eigenvalue weighted by Crippen LogP contribution is -2.47. The molecular formula is C27H26F2N2O2. The van der Waals surface area contributed by atoms with Gasteiger partial charge in [-0.05, 0) is 60.4 Å². The van der Waals surface area contributed by atoms with Crippen molar-refractivity contribution in [3.05, 3.63) is 107 Å². The van der Waals surface area contributed by atoms with Gasteiger partial charge in [0.1, 0.15) is 11.6 Å². The molecule has 3 aromatic rings. The number of hydrogen-bond donors (Lipinski definition) is 1. The maximum absolute atomic E-state index is 13.4. The Morgan fingerprint density at radius 1 is 0.848 bits per heavy atom. The number of hydrogen-bond acceptors (Lipinski definition) is 2. The highest BCUT2D eigenvalue weighted by atomic mass is 19.1. The van der Waals surface area contributed by atoms with Crippen molar-refractivity contribution in [2.24, 2.45) is 0 Å². The Labute approximate surface area is 192 Å². The second-order valence-electron chi connectivity index (χ2n) is 8.53. The first kappa shape index (κ1) is 22.6. The Morgan fingerprint density at radius 3 is 2.21 bits per heavy atom. The molecule has 0 spiro atoms. The molecule has 1 aliphatic rings. The van der Waals surface area contributed by atoms with Crippen molar-refractivity contribution >= 4 is 11.8 Å². The van der Waals surface area contributed by atoms with E-state index in [2.05, 4.69) is 5.32 Å². The van der Waals surface area contributed by atoms with Crippen LogP contribution in [-0.4, -0.2) is 29.8 Å². The van der Waals surface area contributed by atoms with Crippen LogP contribution in [0.5, 0.6) is 0 Å². The van der Waals surface area contributed by atoms with E-state index in [0.717, 1.165) is 5.56 Å². The summed E-state index contributed by atoms with van der Waals surface area (Å²) in [6, 6.07) is 21.6. The fraction of sp³-hybridized carbons (Fsp3) is 0.259. The molecule has 6 heteroatoms. The molecule has 0 saturated carbocycles. The number of amides is 2. The first-order chi connectivity index (χ1) is 15.9. The Hall–Kier alpha value is -3.54. The highest BCUT2D eigenvalue weighted by Gasteiger charge is 2.39. The maximum atomic E-state index is 13.4. The summed E-state index contributed by atoms with van der Waals surface area (Å²) in [6.45, 7) is 1.27. The van der Waals surface area contributed by atoms with Crippen LogP contribution in [0.2, 0.25) is 0 Å². The van der Waals surface area contributed by atoms with Gasteiger partial charge in [-0.15, -0.1) is 0 Å². The van der Waals surface area contributed by atoms with E-state index in [-0.39, 0.29) is 36.4 Å². The molecule has 170 valence electrons. The highest BCUT2D eigenvalue weighted by Crippen LogP contribution is 2.39. The molecule has 1 N–H and O–H groups in total. The summed E-state index contributed by atoms with van der Waals surface area (Å²) in [5.74, 6) is -0.952. The molecule has 1 heterocycles. The van der Waals surface area contributed by atoms with Gasteiger partial charge >= 0.3 is 0 Å². The molecule has 1 fully saturated rings. The zero-order chi connectivity index (χ0) is 23.3. The van der Waals surface area contributed by atoms with E-state index in [0.29, 0.717) is 37.1 Å². The van der Waals surface area contributed by atoms with E-state index in [1.54, 1.807) is 17.0 Å². The summed E-state index contributed by atoms with van der Waals surface area (Å²) in [5.41, 5.74) is 1.83. The summed E-state index contributed by atoms with van der Waals surface area (Å²) in [7, 11) is 0. The lowest BCUT2D eigenvalue weighted by molar-refractivity contribution is -0.123. The van der Waals surface area contributed by atoms with Crippen LogP contribution in [0.25, 0.3) is 0 Å². The molecule has 0 atom stereocenters. The van der Waals surface area contributed by atoms with Crippen LogP contribution in [0.15, 0.2) is 78.9 Å². The summed E-state index contributed by atoms with van der Waals surface area (Å²) < 4.78 is 26.6. The molecule has 0 unspecified atom stereocenters. The highest BCUT2D eigenvalue weighted by molar-refractivity contribution is 5.94. The van der Waals surface area contributed by atoms with Crippen molar-refractivity contribution in [1.82, 2.24) is 10.2 Å². The van der Waals surface area contributed by atoms with Gasteiger partial charge < -0.3 is 10.2 Å². The lowest BCUT2D eigenvalue weighted by atomic mass is 9.70. The van der Waals surface area contributed by atoms with Gasteiger partial charge in [0.2, 0.25) is 5.91 Å². The van der Waals surface area contributed by atoms with Gasteiger partial charge in [-0.1, -0.05) is 42.5 Å². The van der Waals surface area contributed by atoms with Crippen LogP contribution in [0, 0.1) is 11.6 Å². The fourth-order valence-electron chi connectivity index (χ4n) is 4.49. The first-order valence-corrected chi connectivity index (χ1v) is 11.1. The molecular weight excluding hydrogens is 422 g/mol. The smallest absolute Gasteiger partial charge is 0.253 e. The second kappa shape index (κ2) is 9.94. The molecule has 1 saturated heterocycles. The summed E-state index contributed by atoms with van der Waals surface area (Å²) in [6.07, 6.45) is 1.56. The summed E-state index contributed by atoms with van der Waals surface area (Å²) in [5, 5.41) is 2.91. The molecule has 33 heavy (non-hydrogen) atoms. The van der Waals surface area contributed by atoms with Crippen LogP contribution in [-0.2, 0) is 16.8 Å². The number of likely N-dealkylation sites (tertiary alicyclic amines) is 1. The van der Waals surface area contributed by atoms with Crippen molar-refractivity contribution in [2.75, 3.05) is 13.1 Å². The molecule has 3 aromatic carbocycles. The minimum absolute atomic E-state index is 0.110. The van der Waals surface area contributed by atoms with Gasteiger partial charge in [0.15, 0.2) is 0 Å². The first-order valence-electron chi connectivity index (χ1n) is 11.1. The Morgan fingerprint density at radius 2 is 1.55 bits per heavy atom. The molecule has 4 nitrogen and oxygen atoms in total. The van der Waals surface area contributed by atoms with E-state index in [1.807, 2.05) is 30.3 Å². The summed E-state index contributed by atoms with van der Waals surface area (Å²) in [4.78, 5) is 27.5. The zero-order valence-electron chi connectivity index (χ0n) is 18.3. The predicted octanol–water partition coefficient (Wildman–Crippen LogP) is 4.85. The number of nitrogens with zero attached hydrogens (tertiary/aromatic N) is 1. The van der Waals surface area contributed by atoms with Gasteiger partial charge in [0.25, 0.3) is 5.91 Å². The van der Waals surface area contributed by atoms with Crippen molar-refractivity contribution < 1.29 is 18.4 Å². The van der Waals surface area contributed by atoms with Crippen LogP contribution < -0.4 is 5.32 Å². The van der Waals surface area contributed by atoms with Gasteiger partial charge in [-0.2, -0.15) is 0 Å². The van der Waals surface area contributed by atoms with Crippen LogP contribution in [0.1, 0.15) is 40.7 Å². The topological polar surface area (TPSA) is 49.4 Å². The van der Waals surface area contributed by atoms with E-state index in [9.17, 15) is 18.4 Å². The average molecular weight is 449 g/mol. The Bertz CT molecular complexity index is 1110. The number of nitrogens with one attached hydrogen (secondary N) is 1. The number of halogens is 2. The molecule has 0 aromatic heterocycles. The monoisotopic (exact) mass is 448 g/mol. The van der Waals surface area contributed by atoms with Crippen molar-refractivity contribution in [1.29, 1.82) is 0 Å². The fourth-order valence-corrected chi connectivity index (χ4v) is 4.49. The molecule has 0 aliphatic carbocycles. The SMILES string of the molecule is O=C(CC1(c2ccccc2)CCN(C(=O)c2ccc(F)cc2)CC1)NCc1cccc(F)c1. The third kappa shape index (κ3) is 5.45. The minimum atomic E-state index is -0.396. The van der Waals surface area contributed by atoms with E-state index in [1.165, 1.54) is 36.4 Å². The number of carbonyl (C=O) groups is 2. The third-order valence-corrected chi connectivity index (χ3v) is 6.36. The average Bonchev–Trinajstić information content (AvgIpc) is 2.84. The van der Waals surface area contributed by atoms with E-state index >= 15 is 0 Å². The van der Waals surface area contributed by atoms with Crippen LogP contribution in [0.4, 0.5) is 8.78 Å². The second-order valence-corrected chi connectivity index (χ2v) is 8.53. The molecule has 4 rings (SSSR count). The summed E-state index contributed by atoms with van der Waals surface area (Å²) >= 11 is 0. The van der Waals surface area contributed by atoms with E-state index < -0.39 is 5.41 Å². The number of piperidine rings is 1. The van der Waals surface area contributed by atoms with Gasteiger partial charge in [-0.3, -0.25) is 9.59 Å². The van der Waals surface area contributed by atoms with Crippen LogP contribution >= 0.6 is 0 Å². The van der Waals surface area contributed by atoms with Crippen molar-refractivity contribution in [3.8, 4) is 0 Å². The normalized spacial score (nSPS) is 15.2. The lowest BCUT2D eigenvalue weighted by Gasteiger charge is -2.42. The maximum Gasteiger partial charge on any atom is 0.253 e. The molecule has 1 aliphatic heterocycles. The number of rotatable bonds is 6.